The second kappa shape index (κ2) is 16.5. The minimum atomic E-state index is -0.331. The molecule has 0 saturated heterocycles. The maximum absolute atomic E-state index is 12.6. The summed E-state index contributed by atoms with van der Waals surface area (Å²) in [6.07, 6.45) is 2.05. The predicted molar refractivity (Wildman–Crippen MR) is 291 cm³/mol. The van der Waals surface area contributed by atoms with Gasteiger partial charge < -0.3 is 9.67 Å². The number of aromatic nitrogens is 4. The second-order valence-electron chi connectivity index (χ2n) is 23.0. The van der Waals surface area contributed by atoms with Crippen LogP contribution in [0.1, 0.15) is 105 Å². The Balaban J connectivity index is 1.27. The van der Waals surface area contributed by atoms with Crippen LogP contribution < -0.4 is 0 Å². The summed E-state index contributed by atoms with van der Waals surface area (Å²) in [4.78, 5) is 11.0. The number of imidazole rings is 1. The highest BCUT2D eigenvalue weighted by Crippen LogP contribution is 2.46. The molecule has 3 aromatic heterocycles. The van der Waals surface area contributed by atoms with E-state index < -0.39 is 0 Å². The molecule has 346 valence electrons. The van der Waals surface area contributed by atoms with E-state index in [-0.39, 0.29) is 27.4 Å². The molecule has 0 radical (unpaired) electrons. The molecule has 0 amide bonds. The van der Waals surface area contributed by atoms with Crippen LogP contribution in [0.5, 0.6) is 5.75 Å². The van der Waals surface area contributed by atoms with Crippen molar-refractivity contribution in [3.05, 3.63) is 186 Å². The Kier molecular flexibility index (Phi) is 10.9. The normalized spacial score (nSPS) is 12.7. The first-order chi connectivity index (χ1) is 32.7. The Morgan fingerprint density at radius 3 is 1.71 bits per heavy atom. The number of fused-ring (bicyclic) bond motifs is 4. The van der Waals surface area contributed by atoms with Gasteiger partial charge in [0.2, 0.25) is 0 Å². The van der Waals surface area contributed by atoms with Gasteiger partial charge in [-0.05, 0) is 110 Å². The van der Waals surface area contributed by atoms with E-state index in [0.29, 0.717) is 11.4 Å². The number of nitrogens with zero attached hydrogens (tertiary/aromatic N) is 4. The molecule has 0 fully saturated rings. The number of phenolic OH excluding ortho intramolecular Hbond substituents is 1. The van der Waals surface area contributed by atoms with Crippen LogP contribution in [0.3, 0.4) is 0 Å². The first kappa shape index (κ1) is 45.5. The quantitative estimate of drug-likeness (QED) is 0.181. The molecule has 0 aliphatic carbocycles. The molecule has 1 N–H and O–H groups in total. The zero-order valence-corrected chi connectivity index (χ0v) is 42.3. The van der Waals surface area contributed by atoms with Crippen LogP contribution in [-0.2, 0) is 21.7 Å². The largest absolute Gasteiger partial charge is 0.507 e. The monoisotopic (exact) mass is 905 g/mol. The van der Waals surface area contributed by atoms with Crippen LogP contribution in [0.25, 0.3) is 89.1 Å². The fraction of sp³-hybridized carbons (Fsp3) is 0.250. The van der Waals surface area contributed by atoms with Gasteiger partial charge in [-0.15, -0.1) is 0 Å². The first-order valence-corrected chi connectivity index (χ1v) is 24.4. The SMILES string of the molecule is CC(C)(C)c1cc(-c2cc3c(cn2)c2ccccc2n3-c2ccccc2)cc(-c2cccc3c2nc(-c2cc(C(C)(C)C)cc(C(C)(C)C)c2O)n3-c2ccc(C(C)(C)C)cc2-c2ccccc2)c1. The topological polar surface area (TPSA) is 55.9 Å². The van der Waals surface area contributed by atoms with Gasteiger partial charge in [0.25, 0.3) is 0 Å². The Morgan fingerprint density at radius 1 is 0.420 bits per heavy atom. The smallest absolute Gasteiger partial charge is 0.149 e. The summed E-state index contributed by atoms with van der Waals surface area (Å²) in [6.45, 7) is 26.9. The molecule has 0 unspecified atom stereocenters. The fourth-order valence-electron chi connectivity index (χ4n) is 9.85. The van der Waals surface area contributed by atoms with Crippen molar-refractivity contribution >= 4 is 32.8 Å². The number of rotatable bonds is 6. The average molecular weight is 905 g/mol. The zero-order valence-electron chi connectivity index (χ0n) is 42.3. The van der Waals surface area contributed by atoms with Gasteiger partial charge in [-0.3, -0.25) is 9.55 Å². The van der Waals surface area contributed by atoms with Crippen LogP contribution in [-0.4, -0.2) is 24.2 Å². The number of benzene rings is 7. The summed E-state index contributed by atoms with van der Waals surface area (Å²) < 4.78 is 4.65. The molecule has 5 nitrogen and oxygen atoms in total. The van der Waals surface area contributed by atoms with Crippen molar-refractivity contribution in [1.29, 1.82) is 0 Å². The number of hydrogen-bond acceptors (Lipinski definition) is 3. The van der Waals surface area contributed by atoms with Gasteiger partial charge in [-0.1, -0.05) is 180 Å². The highest BCUT2D eigenvalue weighted by molar-refractivity contribution is 6.09. The number of aromatic hydroxyl groups is 1. The summed E-state index contributed by atoms with van der Waals surface area (Å²) in [5, 5.41) is 14.9. The Hall–Kier alpha value is -7.24. The third-order valence-electron chi connectivity index (χ3n) is 13.9. The Morgan fingerprint density at radius 2 is 1.03 bits per heavy atom. The van der Waals surface area contributed by atoms with Crippen molar-refractivity contribution in [3.63, 3.8) is 0 Å². The van der Waals surface area contributed by atoms with Crippen molar-refractivity contribution in [2.24, 2.45) is 0 Å². The molecule has 0 aliphatic heterocycles. The van der Waals surface area contributed by atoms with Crippen molar-refractivity contribution in [2.75, 3.05) is 0 Å². The molecule has 0 atom stereocenters. The predicted octanol–water partition coefficient (Wildman–Crippen LogP) is 17.1. The van der Waals surface area contributed by atoms with Crippen molar-refractivity contribution in [1.82, 2.24) is 19.1 Å². The molecule has 3 heterocycles. The van der Waals surface area contributed by atoms with Crippen LogP contribution in [0, 0.1) is 0 Å². The Labute approximate surface area is 408 Å². The van der Waals surface area contributed by atoms with Crippen LogP contribution in [0.15, 0.2) is 164 Å². The van der Waals surface area contributed by atoms with Gasteiger partial charge in [0, 0.05) is 44.9 Å². The van der Waals surface area contributed by atoms with E-state index in [4.69, 9.17) is 9.97 Å². The third-order valence-corrected chi connectivity index (χ3v) is 13.9. The van der Waals surface area contributed by atoms with Crippen molar-refractivity contribution in [3.8, 4) is 62.0 Å². The molecule has 0 bridgehead atoms. The van der Waals surface area contributed by atoms with E-state index in [0.717, 1.165) is 83.5 Å². The second-order valence-corrected chi connectivity index (χ2v) is 23.0. The van der Waals surface area contributed by atoms with E-state index in [1.54, 1.807) is 0 Å². The van der Waals surface area contributed by atoms with Gasteiger partial charge in [0.1, 0.15) is 11.6 Å². The average Bonchev–Trinajstić information content (AvgIpc) is 3.86. The lowest BCUT2D eigenvalue weighted by Crippen LogP contribution is -2.17. The fourth-order valence-corrected chi connectivity index (χ4v) is 9.85. The van der Waals surface area contributed by atoms with Crippen LogP contribution >= 0.6 is 0 Å². The molecular formula is C64H64N4O. The maximum Gasteiger partial charge on any atom is 0.149 e. The van der Waals surface area contributed by atoms with Crippen LogP contribution in [0.2, 0.25) is 0 Å². The maximum atomic E-state index is 12.6. The van der Waals surface area contributed by atoms with Gasteiger partial charge >= 0.3 is 0 Å². The molecule has 0 spiro atoms. The summed E-state index contributed by atoms with van der Waals surface area (Å²) in [5.41, 5.74) is 16.8. The molecule has 69 heavy (non-hydrogen) atoms. The third kappa shape index (κ3) is 8.22. The molecule has 0 saturated carbocycles. The first-order valence-electron chi connectivity index (χ1n) is 24.4. The van der Waals surface area contributed by atoms with Gasteiger partial charge in [0.15, 0.2) is 0 Å². The molecule has 10 rings (SSSR count). The van der Waals surface area contributed by atoms with Gasteiger partial charge in [-0.2, -0.15) is 0 Å². The van der Waals surface area contributed by atoms with Gasteiger partial charge in [-0.25, -0.2) is 4.98 Å². The lowest BCUT2D eigenvalue weighted by molar-refractivity contribution is 0.446. The standard InChI is InChI=1S/C64H64N4O/c1-61(2,3)43-30-31-55(49(35-43)40-22-15-13-16-23-40)68-56-29-21-27-47(58(56)66-60(68)50-36-45(63(7,8)9)37-52(59(50)69)64(10,11)12)41-32-42(34-44(33-41)62(4,5)6)53-38-57-51(39-65-53)48-26-19-20-28-54(48)67(57)46-24-17-14-18-25-46/h13-39,69H,1-12H3. The number of phenols is 1. The highest BCUT2D eigenvalue weighted by atomic mass is 16.3. The minimum Gasteiger partial charge on any atom is -0.507 e. The summed E-state index contributed by atoms with van der Waals surface area (Å²) in [5.74, 6) is 0.952. The number of para-hydroxylation sites is 3. The Bertz CT molecular complexity index is 3580. The van der Waals surface area contributed by atoms with E-state index >= 15 is 0 Å². The molecule has 5 heteroatoms. The lowest BCUT2D eigenvalue weighted by atomic mass is 9.79. The van der Waals surface area contributed by atoms with E-state index in [9.17, 15) is 5.11 Å². The number of pyridine rings is 1. The molecule has 0 aliphatic rings. The highest BCUT2D eigenvalue weighted by Gasteiger charge is 2.30. The van der Waals surface area contributed by atoms with Crippen molar-refractivity contribution < 1.29 is 5.11 Å². The summed E-state index contributed by atoms with van der Waals surface area (Å²) in [7, 11) is 0. The van der Waals surface area contributed by atoms with Crippen molar-refractivity contribution in [2.45, 2.75) is 105 Å². The number of hydrogen-bond donors (Lipinski definition) is 1. The minimum absolute atomic E-state index is 0.0801. The lowest BCUT2D eigenvalue weighted by Gasteiger charge is -2.28. The summed E-state index contributed by atoms with van der Waals surface area (Å²) in [6, 6.07) is 56.8. The summed E-state index contributed by atoms with van der Waals surface area (Å²) >= 11 is 0. The zero-order chi connectivity index (χ0) is 48.8. The van der Waals surface area contributed by atoms with E-state index in [1.165, 1.54) is 16.5 Å². The molecule has 10 aromatic rings. The van der Waals surface area contributed by atoms with E-state index in [2.05, 4.69) is 250 Å². The van der Waals surface area contributed by atoms with Gasteiger partial charge in [0.05, 0.1) is 39.0 Å². The molecular weight excluding hydrogens is 841 g/mol. The van der Waals surface area contributed by atoms with Crippen LogP contribution in [0.4, 0.5) is 0 Å². The van der Waals surface area contributed by atoms with E-state index in [1.807, 2.05) is 6.20 Å². The molecule has 7 aromatic carbocycles.